The average molecular weight is 428 g/mol. The first-order chi connectivity index (χ1) is 15.0. The Morgan fingerprint density at radius 2 is 1.97 bits per heavy atom. The first kappa shape index (κ1) is 19.9. The minimum absolute atomic E-state index is 0.0725. The number of rotatable bonds is 7. The van der Waals surface area contributed by atoms with Gasteiger partial charge in [0.2, 0.25) is 0 Å². The normalized spacial score (nSPS) is 17.2. The summed E-state index contributed by atoms with van der Waals surface area (Å²) in [5.41, 5.74) is 2.88. The Kier molecular flexibility index (Phi) is 5.05. The molecule has 5 rings (SSSR count). The lowest BCUT2D eigenvalue weighted by molar-refractivity contribution is -0.0335. The largest absolute Gasteiger partial charge is 0.477 e. The number of anilines is 1. The Labute approximate surface area is 177 Å². The Morgan fingerprint density at radius 1 is 1.23 bits per heavy atom. The van der Waals surface area contributed by atoms with Gasteiger partial charge in [-0.3, -0.25) is 0 Å². The number of aromatic carboxylic acids is 1. The van der Waals surface area contributed by atoms with Gasteiger partial charge in [0.05, 0.1) is 28.6 Å². The van der Waals surface area contributed by atoms with E-state index in [4.69, 9.17) is 9.84 Å². The number of pyridine rings is 1. The van der Waals surface area contributed by atoms with Crippen molar-refractivity contribution in [2.45, 2.75) is 37.7 Å². The summed E-state index contributed by atoms with van der Waals surface area (Å²) in [4.78, 5) is 18.2. The van der Waals surface area contributed by atoms with Gasteiger partial charge in [0.15, 0.2) is 11.3 Å². The van der Waals surface area contributed by atoms with Crippen LogP contribution < -0.4 is 4.90 Å². The van der Waals surface area contributed by atoms with Crippen LogP contribution in [0.25, 0.3) is 16.7 Å². The molecule has 2 aliphatic rings. The Hall–Kier alpha value is -3.07. The summed E-state index contributed by atoms with van der Waals surface area (Å²) >= 11 is 0. The molecule has 3 aromatic rings. The van der Waals surface area contributed by atoms with Crippen molar-refractivity contribution in [3.8, 4) is 5.69 Å². The predicted molar refractivity (Wildman–Crippen MR) is 110 cm³/mol. The van der Waals surface area contributed by atoms with Gasteiger partial charge in [-0.05, 0) is 31.0 Å². The minimum Gasteiger partial charge on any atom is -0.477 e. The van der Waals surface area contributed by atoms with Crippen LogP contribution >= 0.6 is 0 Å². The van der Waals surface area contributed by atoms with Crippen LogP contribution in [0.1, 0.15) is 41.4 Å². The summed E-state index contributed by atoms with van der Waals surface area (Å²) in [5, 5.41) is 15.4. The van der Waals surface area contributed by atoms with Crippen LogP contribution in [0.4, 0.5) is 14.5 Å². The van der Waals surface area contributed by atoms with Crippen molar-refractivity contribution in [3.05, 3.63) is 47.8 Å². The molecule has 9 heteroatoms. The van der Waals surface area contributed by atoms with Crippen molar-refractivity contribution in [1.82, 2.24) is 14.8 Å². The van der Waals surface area contributed by atoms with Gasteiger partial charge in [-0.1, -0.05) is 24.6 Å². The van der Waals surface area contributed by atoms with Gasteiger partial charge in [-0.2, -0.15) is 5.10 Å². The fraction of sp³-hybridized carbons (Fsp3) is 0.409. The first-order valence-corrected chi connectivity index (χ1v) is 10.4. The third-order valence-electron chi connectivity index (χ3n) is 6.00. The van der Waals surface area contributed by atoms with Gasteiger partial charge in [0.25, 0.3) is 6.43 Å². The van der Waals surface area contributed by atoms with E-state index in [1.165, 1.54) is 0 Å². The summed E-state index contributed by atoms with van der Waals surface area (Å²) in [5.74, 6) is -0.823. The molecule has 2 fully saturated rings. The lowest BCUT2D eigenvalue weighted by atomic mass is 9.82. The number of carboxylic acid groups (broad SMARTS) is 1. The van der Waals surface area contributed by atoms with E-state index in [2.05, 4.69) is 4.98 Å². The second-order valence-corrected chi connectivity index (χ2v) is 8.04. The van der Waals surface area contributed by atoms with Crippen molar-refractivity contribution in [2.24, 2.45) is 0 Å². The molecular formula is C22H22F2N4O3. The molecule has 7 nitrogen and oxygen atoms in total. The number of alkyl halides is 2. The molecule has 1 aliphatic carbocycles. The van der Waals surface area contributed by atoms with Crippen molar-refractivity contribution < 1.29 is 23.4 Å². The Balaban J connectivity index is 1.61. The third-order valence-corrected chi connectivity index (χ3v) is 6.00. The van der Waals surface area contributed by atoms with Crippen LogP contribution in [0.3, 0.4) is 0 Å². The molecule has 1 saturated carbocycles. The number of hydrogen-bond acceptors (Lipinski definition) is 5. The molecule has 0 atom stereocenters. The highest BCUT2D eigenvalue weighted by molar-refractivity contribution is 5.98. The van der Waals surface area contributed by atoms with Gasteiger partial charge in [0, 0.05) is 19.0 Å². The van der Waals surface area contributed by atoms with Gasteiger partial charge < -0.3 is 14.7 Å². The number of carboxylic acids is 1. The predicted octanol–water partition coefficient (Wildman–Crippen LogP) is 3.86. The molecule has 2 aromatic heterocycles. The summed E-state index contributed by atoms with van der Waals surface area (Å²) in [6.07, 6.45) is 0.382. The van der Waals surface area contributed by atoms with Crippen LogP contribution in [0, 0.1) is 0 Å². The molecule has 1 aromatic carbocycles. The van der Waals surface area contributed by atoms with Crippen LogP contribution in [0.5, 0.6) is 0 Å². The molecule has 31 heavy (non-hydrogen) atoms. The monoisotopic (exact) mass is 428 g/mol. The SMILES string of the molecule is O=C(O)c1cc(N2CC(OCC(F)F)C2)c2c(C3CCC3)nn(-c3ccccc3)c2n1. The number of fused-ring (bicyclic) bond motifs is 1. The maximum absolute atomic E-state index is 12.5. The Morgan fingerprint density at radius 3 is 2.58 bits per heavy atom. The van der Waals surface area contributed by atoms with E-state index in [0.717, 1.165) is 41.7 Å². The van der Waals surface area contributed by atoms with E-state index in [1.807, 2.05) is 35.2 Å². The molecule has 0 bridgehead atoms. The van der Waals surface area contributed by atoms with E-state index >= 15 is 0 Å². The molecule has 0 spiro atoms. The average Bonchev–Trinajstić information content (AvgIpc) is 3.05. The topological polar surface area (TPSA) is 80.5 Å². The van der Waals surface area contributed by atoms with Gasteiger partial charge in [-0.25, -0.2) is 23.2 Å². The number of hydrogen-bond donors (Lipinski definition) is 1. The van der Waals surface area contributed by atoms with Crippen LogP contribution in [-0.2, 0) is 4.74 Å². The highest BCUT2D eigenvalue weighted by atomic mass is 19.3. The van der Waals surface area contributed by atoms with E-state index in [0.29, 0.717) is 24.7 Å². The zero-order valence-electron chi connectivity index (χ0n) is 16.7. The fourth-order valence-electron chi connectivity index (χ4n) is 4.15. The van der Waals surface area contributed by atoms with E-state index in [1.54, 1.807) is 10.7 Å². The summed E-state index contributed by atoms with van der Waals surface area (Å²) in [6.45, 7) is 0.251. The van der Waals surface area contributed by atoms with Crippen LogP contribution in [0.2, 0.25) is 0 Å². The lowest BCUT2D eigenvalue weighted by Crippen LogP contribution is -2.53. The highest BCUT2D eigenvalue weighted by Crippen LogP contribution is 2.43. The number of ether oxygens (including phenoxy) is 1. The van der Waals surface area contributed by atoms with Crippen molar-refractivity contribution in [3.63, 3.8) is 0 Å². The number of para-hydroxylation sites is 1. The molecule has 0 unspecified atom stereocenters. The number of halogens is 2. The van der Waals surface area contributed by atoms with E-state index in [9.17, 15) is 18.7 Å². The second-order valence-electron chi connectivity index (χ2n) is 8.04. The lowest BCUT2D eigenvalue weighted by Gasteiger charge is -2.41. The quantitative estimate of drug-likeness (QED) is 0.616. The number of benzene rings is 1. The van der Waals surface area contributed by atoms with Crippen molar-refractivity contribution in [2.75, 3.05) is 24.6 Å². The number of aromatic nitrogens is 3. The second kappa shape index (κ2) is 7.88. The summed E-state index contributed by atoms with van der Waals surface area (Å²) < 4.78 is 31.8. The molecular weight excluding hydrogens is 406 g/mol. The minimum atomic E-state index is -2.50. The summed E-state index contributed by atoms with van der Waals surface area (Å²) in [6, 6.07) is 11.1. The molecule has 1 N–H and O–H groups in total. The third kappa shape index (κ3) is 3.63. The van der Waals surface area contributed by atoms with Gasteiger partial charge in [-0.15, -0.1) is 0 Å². The smallest absolute Gasteiger partial charge is 0.354 e. The molecule has 1 aliphatic heterocycles. The molecule has 3 heterocycles. The zero-order valence-corrected chi connectivity index (χ0v) is 16.7. The number of carbonyl (C=O) groups is 1. The highest BCUT2D eigenvalue weighted by Gasteiger charge is 2.34. The number of nitrogens with zero attached hydrogens (tertiary/aromatic N) is 4. The van der Waals surface area contributed by atoms with Crippen LogP contribution in [0.15, 0.2) is 36.4 Å². The fourth-order valence-corrected chi connectivity index (χ4v) is 4.15. The maximum atomic E-state index is 12.5. The molecule has 1 saturated heterocycles. The summed E-state index contributed by atoms with van der Waals surface area (Å²) in [7, 11) is 0. The molecule has 162 valence electrons. The maximum Gasteiger partial charge on any atom is 0.354 e. The van der Waals surface area contributed by atoms with Crippen LogP contribution in [-0.4, -0.2) is 58.1 Å². The molecule has 0 radical (unpaired) electrons. The Bertz CT molecular complexity index is 1110. The molecule has 0 amide bonds. The van der Waals surface area contributed by atoms with E-state index < -0.39 is 19.0 Å². The van der Waals surface area contributed by atoms with E-state index in [-0.39, 0.29) is 11.8 Å². The first-order valence-electron chi connectivity index (χ1n) is 10.4. The standard InChI is InChI=1S/C22H22F2N4O3/c23-18(24)12-31-15-10-27(11-15)17-9-16(22(29)30)25-21-19(17)20(13-5-4-6-13)26-28(21)14-7-2-1-3-8-14/h1-3,7-9,13,15,18H,4-6,10-12H2,(H,29,30). The van der Waals surface area contributed by atoms with Crippen molar-refractivity contribution >= 4 is 22.7 Å². The van der Waals surface area contributed by atoms with Gasteiger partial charge >= 0.3 is 5.97 Å². The van der Waals surface area contributed by atoms with Gasteiger partial charge in [0.1, 0.15) is 6.61 Å². The zero-order chi connectivity index (χ0) is 21.5. The van der Waals surface area contributed by atoms with Crippen molar-refractivity contribution in [1.29, 1.82) is 0 Å².